The highest BCUT2D eigenvalue weighted by atomic mass is 16.5. The number of furan rings is 1. The molecule has 0 bridgehead atoms. The summed E-state index contributed by atoms with van der Waals surface area (Å²) in [4.78, 5) is 23.9. The van der Waals surface area contributed by atoms with Crippen molar-refractivity contribution in [3.05, 3.63) is 76.8 Å². The third-order valence-corrected chi connectivity index (χ3v) is 3.77. The minimum Gasteiger partial charge on any atom is -0.463 e. The zero-order chi connectivity index (χ0) is 18.4. The van der Waals surface area contributed by atoms with Crippen LogP contribution >= 0.6 is 0 Å². The van der Waals surface area contributed by atoms with Gasteiger partial charge in [-0.1, -0.05) is 30.3 Å². The van der Waals surface area contributed by atoms with E-state index in [1.807, 2.05) is 30.3 Å². The van der Waals surface area contributed by atoms with Crippen LogP contribution in [0.4, 0.5) is 4.79 Å². The maximum Gasteiger partial charge on any atom is 0.407 e. The van der Waals surface area contributed by atoms with Crippen molar-refractivity contribution in [1.29, 1.82) is 0 Å². The Kier molecular flexibility index (Phi) is 5.48. The molecule has 0 aliphatic heterocycles. The molecule has 1 amide bonds. The number of rotatable bonds is 6. The van der Waals surface area contributed by atoms with Crippen LogP contribution in [0.15, 0.2) is 70.1 Å². The maximum atomic E-state index is 12.1. The monoisotopic (exact) mass is 353 g/mol. The Bertz CT molecular complexity index is 904. The molecule has 0 aliphatic rings. The van der Waals surface area contributed by atoms with Gasteiger partial charge < -0.3 is 14.5 Å². The molecule has 7 heteroatoms. The summed E-state index contributed by atoms with van der Waals surface area (Å²) in [6, 6.07) is 15.6. The van der Waals surface area contributed by atoms with E-state index in [1.54, 1.807) is 31.4 Å². The average molecular weight is 353 g/mol. The predicted molar refractivity (Wildman–Crippen MR) is 95.5 cm³/mol. The van der Waals surface area contributed by atoms with Crippen molar-refractivity contribution >= 4 is 6.09 Å². The number of carbonyl (C=O) groups is 1. The number of alkyl carbamates (subject to hydrolysis) is 1. The van der Waals surface area contributed by atoms with E-state index in [0.717, 1.165) is 5.56 Å². The molecular weight excluding hydrogens is 334 g/mol. The molecule has 0 radical (unpaired) electrons. The van der Waals surface area contributed by atoms with Crippen LogP contribution in [-0.4, -0.2) is 22.4 Å². The van der Waals surface area contributed by atoms with E-state index >= 15 is 0 Å². The standard InChI is InChI=1S/C19H19N3O4/c1-14(12-20-19(24)26-13-15-6-3-2-4-7-15)22-18(23)10-9-16(21-22)17-8-5-11-25-17/h2-11,14H,12-13H2,1H3,(H,20,24). The van der Waals surface area contributed by atoms with E-state index < -0.39 is 6.09 Å². The quantitative estimate of drug-likeness (QED) is 0.736. The summed E-state index contributed by atoms with van der Waals surface area (Å²) in [5.74, 6) is 0.571. The van der Waals surface area contributed by atoms with Crippen LogP contribution < -0.4 is 10.9 Å². The summed E-state index contributed by atoms with van der Waals surface area (Å²) in [5, 5.41) is 6.95. The highest BCUT2D eigenvalue weighted by Gasteiger charge is 2.13. The Labute approximate surface area is 150 Å². The Morgan fingerprint density at radius 1 is 1.19 bits per heavy atom. The topological polar surface area (TPSA) is 86.4 Å². The first-order valence-corrected chi connectivity index (χ1v) is 8.22. The first-order valence-electron chi connectivity index (χ1n) is 8.22. The van der Waals surface area contributed by atoms with Gasteiger partial charge in [0.05, 0.1) is 12.3 Å². The predicted octanol–water partition coefficient (Wildman–Crippen LogP) is 2.99. The van der Waals surface area contributed by atoms with E-state index in [-0.39, 0.29) is 24.8 Å². The van der Waals surface area contributed by atoms with Gasteiger partial charge in [0, 0.05) is 12.6 Å². The van der Waals surface area contributed by atoms with Gasteiger partial charge in [-0.05, 0) is 30.7 Å². The van der Waals surface area contributed by atoms with Crippen molar-refractivity contribution in [3.8, 4) is 11.5 Å². The Morgan fingerprint density at radius 3 is 2.73 bits per heavy atom. The third kappa shape index (κ3) is 4.38. The second-order valence-electron chi connectivity index (χ2n) is 5.77. The maximum absolute atomic E-state index is 12.1. The van der Waals surface area contributed by atoms with Gasteiger partial charge in [-0.2, -0.15) is 5.10 Å². The lowest BCUT2D eigenvalue weighted by Crippen LogP contribution is -2.35. The highest BCUT2D eigenvalue weighted by Crippen LogP contribution is 2.16. The summed E-state index contributed by atoms with van der Waals surface area (Å²) in [6.07, 6.45) is 0.996. The number of nitrogens with one attached hydrogen (secondary N) is 1. The highest BCUT2D eigenvalue weighted by molar-refractivity contribution is 5.67. The first-order chi connectivity index (χ1) is 12.6. The molecule has 0 fully saturated rings. The Hall–Kier alpha value is -3.35. The van der Waals surface area contributed by atoms with Gasteiger partial charge in [-0.15, -0.1) is 0 Å². The molecule has 0 saturated heterocycles. The Balaban J connectivity index is 1.57. The molecule has 3 rings (SSSR count). The SMILES string of the molecule is CC(CNC(=O)OCc1ccccc1)n1nc(-c2ccco2)ccc1=O. The molecular formula is C19H19N3O4. The number of carbonyl (C=O) groups excluding carboxylic acids is 1. The minimum atomic E-state index is -0.545. The average Bonchev–Trinajstić information content (AvgIpc) is 3.20. The van der Waals surface area contributed by atoms with Gasteiger partial charge in [0.15, 0.2) is 5.76 Å². The number of benzene rings is 1. The fourth-order valence-electron chi connectivity index (χ4n) is 2.39. The van der Waals surface area contributed by atoms with Crippen molar-refractivity contribution in [3.63, 3.8) is 0 Å². The number of hydrogen-bond acceptors (Lipinski definition) is 5. The fourth-order valence-corrected chi connectivity index (χ4v) is 2.39. The number of ether oxygens (including phenoxy) is 1. The van der Waals surface area contributed by atoms with Crippen molar-refractivity contribution in [2.45, 2.75) is 19.6 Å². The van der Waals surface area contributed by atoms with Crippen LogP contribution in [0, 0.1) is 0 Å². The van der Waals surface area contributed by atoms with Crippen LogP contribution in [0.25, 0.3) is 11.5 Å². The summed E-state index contributed by atoms with van der Waals surface area (Å²) < 4.78 is 11.8. The van der Waals surface area contributed by atoms with Gasteiger partial charge in [0.1, 0.15) is 12.3 Å². The minimum absolute atomic E-state index is 0.188. The van der Waals surface area contributed by atoms with Gasteiger partial charge >= 0.3 is 6.09 Å². The van der Waals surface area contributed by atoms with E-state index in [1.165, 1.54) is 10.7 Å². The summed E-state index contributed by atoms with van der Waals surface area (Å²) >= 11 is 0. The molecule has 0 saturated carbocycles. The van der Waals surface area contributed by atoms with Crippen LogP contribution in [0.3, 0.4) is 0 Å². The number of aromatic nitrogens is 2. The molecule has 3 aromatic rings. The number of amides is 1. The van der Waals surface area contributed by atoms with Crippen LogP contribution in [0.2, 0.25) is 0 Å². The largest absolute Gasteiger partial charge is 0.463 e. The van der Waals surface area contributed by atoms with Crippen molar-refractivity contribution in [2.24, 2.45) is 0 Å². The molecule has 1 atom stereocenters. The lowest BCUT2D eigenvalue weighted by atomic mass is 10.2. The zero-order valence-electron chi connectivity index (χ0n) is 14.3. The van der Waals surface area contributed by atoms with Crippen molar-refractivity contribution in [1.82, 2.24) is 15.1 Å². The second-order valence-corrected chi connectivity index (χ2v) is 5.77. The van der Waals surface area contributed by atoms with Crippen LogP contribution in [-0.2, 0) is 11.3 Å². The molecule has 134 valence electrons. The molecule has 0 aliphatic carbocycles. The second kappa shape index (κ2) is 8.15. The molecule has 1 unspecified atom stereocenters. The molecule has 1 N–H and O–H groups in total. The summed E-state index contributed by atoms with van der Waals surface area (Å²) in [7, 11) is 0. The zero-order valence-corrected chi connectivity index (χ0v) is 14.3. The van der Waals surface area contributed by atoms with E-state index in [0.29, 0.717) is 11.5 Å². The molecule has 0 spiro atoms. The lowest BCUT2D eigenvalue weighted by molar-refractivity contribution is 0.138. The van der Waals surface area contributed by atoms with E-state index in [2.05, 4.69) is 10.4 Å². The Morgan fingerprint density at radius 2 is 2.00 bits per heavy atom. The van der Waals surface area contributed by atoms with Gasteiger partial charge in [0.25, 0.3) is 5.56 Å². The van der Waals surface area contributed by atoms with Crippen LogP contribution in [0.5, 0.6) is 0 Å². The van der Waals surface area contributed by atoms with Crippen LogP contribution in [0.1, 0.15) is 18.5 Å². The fraction of sp³-hybridized carbons (Fsp3) is 0.211. The summed E-state index contributed by atoms with van der Waals surface area (Å²) in [5.41, 5.74) is 1.19. The molecule has 26 heavy (non-hydrogen) atoms. The van der Waals surface area contributed by atoms with E-state index in [4.69, 9.17) is 9.15 Å². The van der Waals surface area contributed by atoms with Crippen molar-refractivity contribution in [2.75, 3.05) is 6.54 Å². The van der Waals surface area contributed by atoms with Gasteiger partial charge in [-0.25, -0.2) is 9.48 Å². The molecule has 1 aromatic carbocycles. The van der Waals surface area contributed by atoms with Crippen molar-refractivity contribution < 1.29 is 13.9 Å². The first kappa shape index (κ1) is 17.5. The summed E-state index contributed by atoms with van der Waals surface area (Å²) in [6.45, 7) is 2.19. The lowest BCUT2D eigenvalue weighted by Gasteiger charge is -2.15. The normalized spacial score (nSPS) is 11.7. The number of nitrogens with zero attached hydrogens (tertiary/aromatic N) is 2. The van der Waals surface area contributed by atoms with E-state index in [9.17, 15) is 9.59 Å². The van der Waals surface area contributed by atoms with Gasteiger partial charge in [-0.3, -0.25) is 4.79 Å². The molecule has 2 aromatic heterocycles. The smallest absolute Gasteiger partial charge is 0.407 e. The molecule has 2 heterocycles. The molecule has 7 nitrogen and oxygen atoms in total. The number of hydrogen-bond donors (Lipinski definition) is 1. The van der Waals surface area contributed by atoms with Gasteiger partial charge in [0.2, 0.25) is 0 Å². The third-order valence-electron chi connectivity index (χ3n) is 3.77.